The predicted octanol–water partition coefficient (Wildman–Crippen LogP) is 3.07. The number of nitrogens with one attached hydrogen (secondary N) is 1. The zero-order chi connectivity index (χ0) is 18.1. The van der Waals surface area contributed by atoms with Gasteiger partial charge in [0.1, 0.15) is 5.75 Å². The van der Waals surface area contributed by atoms with Crippen LogP contribution in [0.3, 0.4) is 0 Å². The second-order valence-corrected chi connectivity index (χ2v) is 6.17. The van der Waals surface area contributed by atoms with Crippen molar-refractivity contribution in [1.29, 1.82) is 0 Å². The lowest BCUT2D eigenvalue weighted by Crippen LogP contribution is -2.33. The average molecular weight is 355 g/mol. The first-order valence-electron chi connectivity index (χ1n) is 8.49. The van der Waals surface area contributed by atoms with E-state index in [1.807, 2.05) is 0 Å². The van der Waals surface area contributed by atoms with Gasteiger partial charge in [0.05, 0.1) is 6.42 Å². The zero-order valence-corrected chi connectivity index (χ0v) is 14.0. The topological polar surface area (TPSA) is 64.6 Å². The van der Waals surface area contributed by atoms with E-state index in [1.165, 1.54) is 43.5 Å². The minimum atomic E-state index is -2.89. The summed E-state index contributed by atoms with van der Waals surface area (Å²) in [6.45, 7) is -2.57. The van der Waals surface area contributed by atoms with E-state index in [9.17, 15) is 18.4 Å². The van der Waals surface area contributed by atoms with Crippen molar-refractivity contribution in [2.24, 2.45) is 5.92 Å². The molecule has 1 amide bonds. The maximum Gasteiger partial charge on any atom is 0.387 e. The smallest absolute Gasteiger partial charge is 0.387 e. The maximum atomic E-state index is 12.1. The molecule has 0 aromatic heterocycles. The molecule has 0 atom stereocenters. The van der Waals surface area contributed by atoms with Crippen molar-refractivity contribution >= 4 is 11.9 Å². The standard InChI is InChI=1S/C18H23F2NO4/c19-18(20)25-15-8-6-13(7-9-15)10-17(23)24-12-16(22)21-11-14-4-2-1-3-5-14/h6-9,14,18H,1-5,10-12H2,(H,21,22). The van der Waals surface area contributed by atoms with Crippen LogP contribution in [0.1, 0.15) is 37.7 Å². The first-order valence-corrected chi connectivity index (χ1v) is 8.49. The second kappa shape index (κ2) is 9.96. The van der Waals surface area contributed by atoms with Crippen LogP contribution in [-0.4, -0.2) is 31.6 Å². The first-order chi connectivity index (χ1) is 12.0. The number of benzene rings is 1. The Morgan fingerprint density at radius 2 is 1.80 bits per heavy atom. The van der Waals surface area contributed by atoms with Gasteiger partial charge in [-0.15, -0.1) is 0 Å². The monoisotopic (exact) mass is 355 g/mol. The van der Waals surface area contributed by atoms with Gasteiger partial charge in [-0.2, -0.15) is 8.78 Å². The van der Waals surface area contributed by atoms with Crippen LogP contribution < -0.4 is 10.1 Å². The van der Waals surface area contributed by atoms with E-state index in [2.05, 4.69) is 10.1 Å². The summed E-state index contributed by atoms with van der Waals surface area (Å²) in [7, 11) is 0. The fourth-order valence-electron chi connectivity index (χ4n) is 2.85. The van der Waals surface area contributed by atoms with Gasteiger partial charge < -0.3 is 14.8 Å². The summed E-state index contributed by atoms with van der Waals surface area (Å²) in [5.74, 6) is -0.313. The van der Waals surface area contributed by atoms with E-state index in [-0.39, 0.29) is 24.7 Å². The second-order valence-electron chi connectivity index (χ2n) is 6.17. The van der Waals surface area contributed by atoms with Crippen LogP contribution in [0.25, 0.3) is 0 Å². The Morgan fingerprint density at radius 1 is 1.12 bits per heavy atom. The molecular weight excluding hydrogens is 332 g/mol. The SMILES string of the molecule is O=C(COC(=O)Cc1ccc(OC(F)F)cc1)NCC1CCCCC1. The molecule has 1 aromatic carbocycles. The molecule has 1 aliphatic rings. The molecule has 0 spiro atoms. The van der Waals surface area contributed by atoms with Crippen molar-refractivity contribution in [3.63, 3.8) is 0 Å². The molecule has 0 unspecified atom stereocenters. The molecule has 7 heteroatoms. The zero-order valence-electron chi connectivity index (χ0n) is 14.0. The molecule has 1 aromatic rings. The third-order valence-electron chi connectivity index (χ3n) is 4.17. The molecule has 25 heavy (non-hydrogen) atoms. The Balaban J connectivity index is 1.64. The molecule has 5 nitrogen and oxygen atoms in total. The summed E-state index contributed by atoms with van der Waals surface area (Å²) >= 11 is 0. The highest BCUT2D eigenvalue weighted by atomic mass is 19.3. The highest BCUT2D eigenvalue weighted by molar-refractivity contribution is 5.81. The third-order valence-corrected chi connectivity index (χ3v) is 4.17. The number of carbonyl (C=O) groups is 2. The number of hydrogen-bond acceptors (Lipinski definition) is 4. The van der Waals surface area contributed by atoms with Gasteiger partial charge in [-0.05, 0) is 36.5 Å². The van der Waals surface area contributed by atoms with Gasteiger partial charge in [-0.25, -0.2) is 0 Å². The number of esters is 1. The van der Waals surface area contributed by atoms with Crippen LogP contribution in [0, 0.1) is 5.92 Å². The fourth-order valence-corrected chi connectivity index (χ4v) is 2.85. The minimum absolute atomic E-state index is 0.0224. The number of carbonyl (C=O) groups excluding carboxylic acids is 2. The van der Waals surface area contributed by atoms with Gasteiger partial charge >= 0.3 is 12.6 Å². The highest BCUT2D eigenvalue weighted by Crippen LogP contribution is 2.22. The molecule has 0 radical (unpaired) electrons. The Morgan fingerprint density at radius 3 is 2.44 bits per heavy atom. The highest BCUT2D eigenvalue weighted by Gasteiger charge is 2.15. The number of hydrogen-bond donors (Lipinski definition) is 1. The molecule has 0 aliphatic heterocycles. The molecule has 1 fully saturated rings. The molecule has 2 rings (SSSR count). The van der Waals surface area contributed by atoms with E-state index in [1.54, 1.807) is 0 Å². The summed E-state index contributed by atoms with van der Waals surface area (Å²) < 4.78 is 33.3. The van der Waals surface area contributed by atoms with Crippen molar-refractivity contribution in [2.45, 2.75) is 45.1 Å². The number of halogens is 2. The van der Waals surface area contributed by atoms with E-state index >= 15 is 0 Å². The quantitative estimate of drug-likeness (QED) is 0.728. The number of rotatable bonds is 8. The van der Waals surface area contributed by atoms with E-state index in [0.29, 0.717) is 18.0 Å². The summed E-state index contributed by atoms with van der Waals surface area (Å²) in [5.41, 5.74) is 0.592. The van der Waals surface area contributed by atoms with E-state index in [4.69, 9.17) is 4.74 Å². The van der Waals surface area contributed by atoms with Gasteiger partial charge in [0.2, 0.25) is 0 Å². The van der Waals surface area contributed by atoms with Gasteiger partial charge in [0.25, 0.3) is 5.91 Å². The van der Waals surface area contributed by atoms with E-state index in [0.717, 1.165) is 12.8 Å². The van der Waals surface area contributed by atoms with Gasteiger partial charge in [0.15, 0.2) is 6.61 Å². The Bertz CT molecular complexity index is 557. The lowest BCUT2D eigenvalue weighted by atomic mass is 9.89. The summed E-state index contributed by atoms with van der Waals surface area (Å²) in [4.78, 5) is 23.4. The molecule has 1 aliphatic carbocycles. The Kier molecular flexibility index (Phi) is 7.63. The first kappa shape index (κ1) is 19.1. The predicted molar refractivity (Wildman–Crippen MR) is 87.3 cm³/mol. The molecule has 0 heterocycles. The van der Waals surface area contributed by atoms with Crippen LogP contribution >= 0.6 is 0 Å². The van der Waals surface area contributed by atoms with Crippen molar-refractivity contribution in [3.8, 4) is 5.75 Å². The van der Waals surface area contributed by atoms with Gasteiger partial charge in [-0.1, -0.05) is 31.4 Å². The maximum absolute atomic E-state index is 12.1. The molecule has 0 bridgehead atoms. The largest absolute Gasteiger partial charge is 0.455 e. The molecule has 138 valence electrons. The normalized spacial score (nSPS) is 15.0. The van der Waals surface area contributed by atoms with Crippen molar-refractivity contribution in [3.05, 3.63) is 29.8 Å². The molecular formula is C18H23F2NO4. The van der Waals surface area contributed by atoms with Crippen molar-refractivity contribution in [1.82, 2.24) is 5.32 Å². The third kappa shape index (κ3) is 7.49. The van der Waals surface area contributed by atoms with Gasteiger partial charge in [0, 0.05) is 6.54 Å². The summed E-state index contributed by atoms with van der Waals surface area (Å²) in [6.07, 6.45) is 5.90. The van der Waals surface area contributed by atoms with Crippen LogP contribution in [-0.2, 0) is 20.7 Å². The Hall–Kier alpha value is -2.18. The Labute approximate surface area is 145 Å². The van der Waals surface area contributed by atoms with Crippen LogP contribution in [0.5, 0.6) is 5.75 Å². The van der Waals surface area contributed by atoms with Crippen molar-refractivity contribution in [2.75, 3.05) is 13.2 Å². The fraction of sp³-hybridized carbons (Fsp3) is 0.556. The average Bonchev–Trinajstić information content (AvgIpc) is 2.60. The van der Waals surface area contributed by atoms with Crippen LogP contribution in [0.2, 0.25) is 0 Å². The summed E-state index contributed by atoms with van der Waals surface area (Å²) in [6, 6.07) is 5.71. The number of ether oxygens (including phenoxy) is 2. The lowest BCUT2D eigenvalue weighted by molar-refractivity contribution is -0.147. The number of alkyl halides is 2. The number of amides is 1. The van der Waals surface area contributed by atoms with Crippen LogP contribution in [0.4, 0.5) is 8.78 Å². The van der Waals surface area contributed by atoms with Crippen molar-refractivity contribution < 1.29 is 27.8 Å². The van der Waals surface area contributed by atoms with Crippen LogP contribution in [0.15, 0.2) is 24.3 Å². The lowest BCUT2D eigenvalue weighted by Gasteiger charge is -2.21. The molecule has 1 saturated carbocycles. The summed E-state index contributed by atoms with van der Waals surface area (Å²) in [5, 5.41) is 2.79. The van der Waals surface area contributed by atoms with E-state index < -0.39 is 12.6 Å². The molecule has 1 N–H and O–H groups in total. The molecule has 0 saturated heterocycles. The van der Waals surface area contributed by atoms with Gasteiger partial charge in [-0.3, -0.25) is 9.59 Å². The minimum Gasteiger partial charge on any atom is -0.455 e.